The molecule has 2 rings (SSSR count). The highest BCUT2D eigenvalue weighted by molar-refractivity contribution is 5.28. The average molecular weight is 233 g/mol. The Morgan fingerprint density at radius 1 is 1.41 bits per heavy atom. The van der Waals surface area contributed by atoms with E-state index in [-0.39, 0.29) is 12.4 Å². The highest BCUT2D eigenvalue weighted by Crippen LogP contribution is 2.29. The first-order chi connectivity index (χ1) is 8.33. The predicted octanol–water partition coefficient (Wildman–Crippen LogP) is 2.41. The molecule has 0 bridgehead atoms. The first-order valence-electron chi connectivity index (χ1n) is 5.70. The summed E-state index contributed by atoms with van der Waals surface area (Å²) < 4.78 is 16.5. The van der Waals surface area contributed by atoms with Crippen LogP contribution in [0.4, 0.5) is 0 Å². The summed E-state index contributed by atoms with van der Waals surface area (Å²) in [6.07, 6.45) is -0.103. The second-order valence-corrected chi connectivity index (χ2v) is 3.79. The molecule has 0 radical (unpaired) electrons. The van der Waals surface area contributed by atoms with E-state index in [2.05, 4.69) is 6.07 Å². The lowest BCUT2D eigenvalue weighted by molar-refractivity contribution is -0.0592. The molecule has 90 valence electrons. The van der Waals surface area contributed by atoms with Gasteiger partial charge in [-0.1, -0.05) is 12.1 Å². The molecule has 17 heavy (non-hydrogen) atoms. The first-order valence-corrected chi connectivity index (χ1v) is 5.70. The van der Waals surface area contributed by atoms with E-state index in [9.17, 15) is 0 Å². The van der Waals surface area contributed by atoms with Crippen molar-refractivity contribution in [2.75, 3.05) is 13.2 Å². The van der Waals surface area contributed by atoms with Gasteiger partial charge in [0, 0.05) is 5.56 Å². The fourth-order valence-electron chi connectivity index (χ4n) is 1.72. The Kier molecular flexibility index (Phi) is 3.97. The zero-order chi connectivity index (χ0) is 12.1. The van der Waals surface area contributed by atoms with Crippen LogP contribution < -0.4 is 4.74 Å². The number of hydrogen-bond acceptors (Lipinski definition) is 4. The Morgan fingerprint density at radius 2 is 2.18 bits per heavy atom. The third kappa shape index (κ3) is 2.96. The molecule has 1 aromatic carbocycles. The molecule has 2 atom stereocenters. The Balaban J connectivity index is 1.97. The van der Waals surface area contributed by atoms with Crippen LogP contribution >= 0.6 is 0 Å². The largest absolute Gasteiger partial charge is 0.494 e. The lowest BCUT2D eigenvalue weighted by atomic mass is 10.2. The molecule has 1 heterocycles. The molecule has 1 aromatic rings. The van der Waals surface area contributed by atoms with Crippen LogP contribution in [0.3, 0.4) is 0 Å². The van der Waals surface area contributed by atoms with Crippen LogP contribution in [0.1, 0.15) is 25.2 Å². The number of nitrogens with zero attached hydrogens (tertiary/aromatic N) is 1. The van der Waals surface area contributed by atoms with Gasteiger partial charge in [-0.2, -0.15) is 5.26 Å². The minimum Gasteiger partial charge on any atom is -0.494 e. The van der Waals surface area contributed by atoms with Crippen molar-refractivity contribution < 1.29 is 14.2 Å². The van der Waals surface area contributed by atoms with E-state index >= 15 is 0 Å². The molecule has 0 saturated carbocycles. The molecule has 1 aliphatic heterocycles. The van der Waals surface area contributed by atoms with Gasteiger partial charge < -0.3 is 14.2 Å². The van der Waals surface area contributed by atoms with Gasteiger partial charge in [0.2, 0.25) is 0 Å². The van der Waals surface area contributed by atoms with Gasteiger partial charge in [0.05, 0.1) is 31.8 Å². The lowest BCUT2D eigenvalue weighted by Gasteiger charge is -2.11. The summed E-state index contributed by atoms with van der Waals surface area (Å²) in [6.45, 7) is 3.08. The molecule has 1 aliphatic rings. The summed E-state index contributed by atoms with van der Waals surface area (Å²) in [5.74, 6) is 0.836. The molecule has 4 heteroatoms. The Hall–Kier alpha value is -1.57. The van der Waals surface area contributed by atoms with Crippen LogP contribution in [0.15, 0.2) is 24.3 Å². The van der Waals surface area contributed by atoms with Crippen LogP contribution in [-0.4, -0.2) is 19.3 Å². The van der Waals surface area contributed by atoms with Gasteiger partial charge in [-0.25, -0.2) is 0 Å². The van der Waals surface area contributed by atoms with E-state index in [1.54, 1.807) is 0 Å². The number of nitriles is 1. The summed E-state index contributed by atoms with van der Waals surface area (Å²) in [5, 5.41) is 8.58. The minimum absolute atomic E-state index is 0.114. The number of benzene rings is 1. The molecule has 0 aliphatic carbocycles. The topological polar surface area (TPSA) is 51.5 Å². The fraction of sp³-hybridized carbons (Fsp3) is 0.462. The summed E-state index contributed by atoms with van der Waals surface area (Å²) in [6, 6.07) is 9.71. The van der Waals surface area contributed by atoms with E-state index < -0.39 is 0 Å². The molecular weight excluding hydrogens is 218 g/mol. The van der Waals surface area contributed by atoms with E-state index in [1.807, 2.05) is 31.2 Å². The van der Waals surface area contributed by atoms with Crippen molar-refractivity contribution in [2.45, 2.75) is 25.7 Å². The van der Waals surface area contributed by atoms with Gasteiger partial charge in [0.15, 0.2) is 6.29 Å². The van der Waals surface area contributed by atoms with Crippen LogP contribution in [0, 0.1) is 11.3 Å². The van der Waals surface area contributed by atoms with Gasteiger partial charge in [-0.15, -0.1) is 0 Å². The van der Waals surface area contributed by atoms with Crippen LogP contribution in [0.2, 0.25) is 0 Å². The Morgan fingerprint density at radius 3 is 2.82 bits per heavy atom. The zero-order valence-electron chi connectivity index (χ0n) is 9.76. The van der Waals surface area contributed by atoms with Crippen molar-refractivity contribution in [3.63, 3.8) is 0 Å². The quantitative estimate of drug-likeness (QED) is 0.801. The van der Waals surface area contributed by atoms with Crippen molar-refractivity contribution in [1.82, 2.24) is 0 Å². The SMILES string of the molecule is CCOc1ccc(C2OCC(CC#N)O2)cc1. The molecule has 0 N–H and O–H groups in total. The molecule has 1 saturated heterocycles. The molecule has 0 aromatic heterocycles. The van der Waals surface area contributed by atoms with E-state index in [4.69, 9.17) is 19.5 Å². The summed E-state index contributed by atoms with van der Waals surface area (Å²) in [5.41, 5.74) is 0.953. The van der Waals surface area contributed by atoms with Gasteiger partial charge in [0.25, 0.3) is 0 Å². The summed E-state index contributed by atoms with van der Waals surface area (Å²) >= 11 is 0. The van der Waals surface area contributed by atoms with Crippen molar-refractivity contribution in [3.05, 3.63) is 29.8 Å². The smallest absolute Gasteiger partial charge is 0.184 e. The second-order valence-electron chi connectivity index (χ2n) is 3.79. The maximum Gasteiger partial charge on any atom is 0.184 e. The van der Waals surface area contributed by atoms with Gasteiger partial charge in [-0.3, -0.25) is 0 Å². The molecule has 1 fully saturated rings. The standard InChI is InChI=1S/C13H15NO3/c1-2-15-11-5-3-10(4-6-11)13-16-9-12(17-13)7-8-14/h3-6,12-13H,2,7,9H2,1H3. The number of hydrogen-bond donors (Lipinski definition) is 0. The number of ether oxygens (including phenoxy) is 3. The average Bonchev–Trinajstić information content (AvgIpc) is 2.80. The molecular formula is C13H15NO3. The maximum absolute atomic E-state index is 8.58. The van der Waals surface area contributed by atoms with Crippen LogP contribution in [0.5, 0.6) is 5.75 Å². The Labute approximate surface area is 101 Å². The van der Waals surface area contributed by atoms with E-state index in [0.717, 1.165) is 11.3 Å². The van der Waals surface area contributed by atoms with Crippen molar-refractivity contribution in [1.29, 1.82) is 5.26 Å². The molecule has 0 spiro atoms. The first kappa shape index (κ1) is 11.9. The molecule has 0 amide bonds. The second kappa shape index (κ2) is 5.67. The number of rotatable bonds is 4. The third-order valence-corrected chi connectivity index (χ3v) is 2.53. The molecule has 2 unspecified atom stereocenters. The highest BCUT2D eigenvalue weighted by atomic mass is 16.7. The highest BCUT2D eigenvalue weighted by Gasteiger charge is 2.26. The maximum atomic E-state index is 8.58. The van der Waals surface area contributed by atoms with Gasteiger partial charge >= 0.3 is 0 Å². The minimum atomic E-state index is -0.357. The third-order valence-electron chi connectivity index (χ3n) is 2.53. The van der Waals surface area contributed by atoms with Crippen molar-refractivity contribution in [3.8, 4) is 11.8 Å². The normalized spacial score (nSPS) is 23.3. The van der Waals surface area contributed by atoms with Crippen LogP contribution in [-0.2, 0) is 9.47 Å². The summed E-state index contributed by atoms with van der Waals surface area (Å²) in [4.78, 5) is 0. The lowest BCUT2D eigenvalue weighted by Crippen LogP contribution is -2.07. The fourth-order valence-corrected chi connectivity index (χ4v) is 1.72. The van der Waals surface area contributed by atoms with E-state index in [0.29, 0.717) is 19.6 Å². The van der Waals surface area contributed by atoms with Crippen molar-refractivity contribution in [2.24, 2.45) is 0 Å². The molecule has 4 nitrogen and oxygen atoms in total. The zero-order valence-corrected chi connectivity index (χ0v) is 9.76. The monoisotopic (exact) mass is 233 g/mol. The summed E-state index contributed by atoms with van der Waals surface area (Å²) in [7, 11) is 0. The Bertz CT molecular complexity index is 396. The van der Waals surface area contributed by atoms with Crippen LogP contribution in [0.25, 0.3) is 0 Å². The van der Waals surface area contributed by atoms with Crippen molar-refractivity contribution >= 4 is 0 Å². The van der Waals surface area contributed by atoms with Gasteiger partial charge in [0.1, 0.15) is 5.75 Å². The van der Waals surface area contributed by atoms with Gasteiger partial charge in [-0.05, 0) is 19.1 Å². The predicted molar refractivity (Wildman–Crippen MR) is 61.4 cm³/mol. The van der Waals surface area contributed by atoms with E-state index in [1.165, 1.54) is 0 Å².